The van der Waals surface area contributed by atoms with Crippen molar-refractivity contribution in [3.05, 3.63) is 52.9 Å². The van der Waals surface area contributed by atoms with E-state index in [1.54, 1.807) is 13.2 Å². The minimum atomic E-state index is 0.101. The van der Waals surface area contributed by atoms with Crippen molar-refractivity contribution in [3.63, 3.8) is 0 Å². The Balaban J connectivity index is 2.14. The third-order valence-corrected chi connectivity index (χ3v) is 3.06. The molecule has 0 spiro atoms. The van der Waals surface area contributed by atoms with Gasteiger partial charge in [-0.1, -0.05) is 12.1 Å². The van der Waals surface area contributed by atoms with Crippen molar-refractivity contribution < 1.29 is 9.15 Å². The van der Waals surface area contributed by atoms with Gasteiger partial charge in [0.1, 0.15) is 11.5 Å². The summed E-state index contributed by atoms with van der Waals surface area (Å²) < 4.78 is 10.7. The highest BCUT2D eigenvalue weighted by Gasteiger charge is 2.14. The van der Waals surface area contributed by atoms with Crippen LogP contribution < -0.4 is 10.1 Å². The molecular weight excluding hydrogens is 250 g/mol. The lowest BCUT2D eigenvalue weighted by molar-refractivity contribution is 0.411. The summed E-state index contributed by atoms with van der Waals surface area (Å²) in [5.74, 6) is 1.70. The van der Waals surface area contributed by atoms with Gasteiger partial charge in [0.25, 0.3) is 0 Å². The average Bonchev–Trinajstić information content (AvgIpc) is 2.82. The van der Waals surface area contributed by atoms with Gasteiger partial charge in [-0.2, -0.15) is 0 Å². The van der Waals surface area contributed by atoms with Crippen LogP contribution >= 0.6 is 11.6 Å². The maximum absolute atomic E-state index is 5.80. The Kier molecular flexibility index (Phi) is 4.28. The second-order valence-electron chi connectivity index (χ2n) is 4.04. The van der Waals surface area contributed by atoms with E-state index in [2.05, 4.69) is 11.4 Å². The lowest BCUT2D eigenvalue weighted by Crippen LogP contribution is -2.18. The maximum Gasteiger partial charge on any atom is 0.193 e. The molecule has 0 saturated heterocycles. The Hall–Kier alpha value is -1.45. The van der Waals surface area contributed by atoms with Crippen LogP contribution in [0.3, 0.4) is 0 Å². The summed E-state index contributed by atoms with van der Waals surface area (Å²) in [6.45, 7) is 0. The van der Waals surface area contributed by atoms with Crippen LogP contribution in [0.25, 0.3) is 0 Å². The standard InChI is InChI=1S/C14H16ClNO2/c1-16-12(13-6-7-14(15)18-13)9-10-4-3-5-11(8-10)17-2/h3-8,12,16H,9H2,1-2H3. The molecule has 4 heteroatoms. The first kappa shape index (κ1) is 13.0. The number of benzene rings is 1. The minimum Gasteiger partial charge on any atom is -0.497 e. The number of halogens is 1. The maximum atomic E-state index is 5.80. The summed E-state index contributed by atoms with van der Waals surface area (Å²) in [7, 11) is 3.57. The zero-order chi connectivity index (χ0) is 13.0. The first-order chi connectivity index (χ1) is 8.72. The first-order valence-electron chi connectivity index (χ1n) is 5.78. The third kappa shape index (κ3) is 3.06. The number of furan rings is 1. The van der Waals surface area contributed by atoms with E-state index in [-0.39, 0.29) is 6.04 Å². The van der Waals surface area contributed by atoms with Crippen molar-refractivity contribution in [2.75, 3.05) is 14.2 Å². The molecular formula is C14H16ClNO2. The Morgan fingerprint density at radius 1 is 1.33 bits per heavy atom. The molecule has 0 aliphatic carbocycles. The quantitative estimate of drug-likeness (QED) is 0.899. The largest absolute Gasteiger partial charge is 0.497 e. The van der Waals surface area contributed by atoms with Crippen molar-refractivity contribution in [2.45, 2.75) is 12.5 Å². The van der Waals surface area contributed by atoms with Crippen LogP contribution in [0, 0.1) is 0 Å². The number of hydrogen-bond acceptors (Lipinski definition) is 3. The van der Waals surface area contributed by atoms with E-state index in [1.165, 1.54) is 5.56 Å². The number of nitrogens with one attached hydrogen (secondary N) is 1. The topological polar surface area (TPSA) is 34.4 Å². The van der Waals surface area contributed by atoms with Crippen LogP contribution in [0.2, 0.25) is 5.22 Å². The third-order valence-electron chi connectivity index (χ3n) is 2.86. The highest BCUT2D eigenvalue weighted by molar-refractivity contribution is 6.28. The van der Waals surface area contributed by atoms with Gasteiger partial charge < -0.3 is 14.5 Å². The Morgan fingerprint density at radius 3 is 2.78 bits per heavy atom. The molecule has 1 unspecified atom stereocenters. The normalized spacial score (nSPS) is 12.4. The lowest BCUT2D eigenvalue weighted by atomic mass is 10.0. The summed E-state index contributed by atoms with van der Waals surface area (Å²) in [4.78, 5) is 0. The van der Waals surface area contributed by atoms with Crippen molar-refractivity contribution in [3.8, 4) is 5.75 Å². The van der Waals surface area contributed by atoms with E-state index in [4.69, 9.17) is 20.8 Å². The molecule has 18 heavy (non-hydrogen) atoms. The molecule has 0 aliphatic rings. The SMILES string of the molecule is CNC(Cc1cccc(OC)c1)c1ccc(Cl)o1. The predicted octanol–water partition coefficient (Wildman–Crippen LogP) is 3.44. The van der Waals surface area contributed by atoms with E-state index >= 15 is 0 Å². The van der Waals surface area contributed by atoms with Crippen LogP contribution in [-0.4, -0.2) is 14.2 Å². The molecule has 1 N–H and O–H groups in total. The minimum absolute atomic E-state index is 0.101. The summed E-state index contributed by atoms with van der Waals surface area (Å²) in [6, 6.07) is 11.8. The van der Waals surface area contributed by atoms with Gasteiger partial charge in [0.05, 0.1) is 13.2 Å². The number of ether oxygens (including phenoxy) is 1. The number of hydrogen-bond donors (Lipinski definition) is 1. The molecule has 1 atom stereocenters. The molecule has 96 valence electrons. The van der Waals surface area contributed by atoms with E-state index in [0.717, 1.165) is 17.9 Å². The second kappa shape index (κ2) is 5.94. The van der Waals surface area contributed by atoms with E-state index in [1.807, 2.05) is 31.3 Å². The Bertz CT molecular complexity index is 510. The summed E-state index contributed by atoms with van der Waals surface area (Å²) in [5, 5.41) is 3.64. The van der Waals surface area contributed by atoms with Crippen LogP contribution in [0.1, 0.15) is 17.4 Å². The number of likely N-dealkylation sites (N-methyl/N-ethyl adjacent to an activating group) is 1. The fraction of sp³-hybridized carbons (Fsp3) is 0.286. The number of methoxy groups -OCH3 is 1. The first-order valence-corrected chi connectivity index (χ1v) is 6.16. The molecule has 2 rings (SSSR count). The van der Waals surface area contributed by atoms with E-state index in [9.17, 15) is 0 Å². The van der Waals surface area contributed by atoms with Crippen molar-refractivity contribution in [1.82, 2.24) is 5.32 Å². The molecule has 0 saturated carbocycles. The molecule has 3 nitrogen and oxygen atoms in total. The molecule has 0 bridgehead atoms. The van der Waals surface area contributed by atoms with Gasteiger partial charge in [0.2, 0.25) is 0 Å². The van der Waals surface area contributed by atoms with Crippen molar-refractivity contribution in [1.29, 1.82) is 0 Å². The molecule has 0 fully saturated rings. The summed E-state index contributed by atoms with van der Waals surface area (Å²) in [5.41, 5.74) is 1.18. The monoisotopic (exact) mass is 265 g/mol. The smallest absolute Gasteiger partial charge is 0.193 e. The molecule has 1 aromatic heterocycles. The number of rotatable bonds is 5. The van der Waals surface area contributed by atoms with E-state index in [0.29, 0.717) is 5.22 Å². The molecule has 2 aromatic rings. The zero-order valence-electron chi connectivity index (χ0n) is 10.4. The van der Waals surface area contributed by atoms with Gasteiger partial charge in [-0.05, 0) is 54.9 Å². The van der Waals surface area contributed by atoms with E-state index < -0.39 is 0 Å². The van der Waals surface area contributed by atoms with Gasteiger partial charge in [-0.15, -0.1) is 0 Å². The average molecular weight is 266 g/mol. The molecule has 0 radical (unpaired) electrons. The van der Waals surface area contributed by atoms with Gasteiger partial charge in [0.15, 0.2) is 5.22 Å². The van der Waals surface area contributed by atoms with Crippen molar-refractivity contribution >= 4 is 11.6 Å². The van der Waals surface area contributed by atoms with Gasteiger partial charge in [-0.3, -0.25) is 0 Å². The van der Waals surface area contributed by atoms with Crippen LogP contribution in [0.15, 0.2) is 40.8 Å². The van der Waals surface area contributed by atoms with Crippen LogP contribution in [0.5, 0.6) is 5.75 Å². The molecule has 0 aliphatic heterocycles. The van der Waals surface area contributed by atoms with Crippen molar-refractivity contribution in [2.24, 2.45) is 0 Å². The fourth-order valence-electron chi connectivity index (χ4n) is 1.90. The molecule has 1 aromatic carbocycles. The lowest BCUT2D eigenvalue weighted by Gasteiger charge is -2.14. The Labute approximate surface area is 112 Å². The highest BCUT2D eigenvalue weighted by atomic mass is 35.5. The van der Waals surface area contributed by atoms with Gasteiger partial charge in [-0.25, -0.2) is 0 Å². The van der Waals surface area contributed by atoms with Crippen LogP contribution in [0.4, 0.5) is 0 Å². The zero-order valence-corrected chi connectivity index (χ0v) is 11.2. The highest BCUT2D eigenvalue weighted by Crippen LogP contribution is 2.24. The fourth-order valence-corrected chi connectivity index (χ4v) is 2.05. The van der Waals surface area contributed by atoms with Crippen LogP contribution in [-0.2, 0) is 6.42 Å². The molecule has 0 amide bonds. The van der Waals surface area contributed by atoms with Gasteiger partial charge >= 0.3 is 0 Å². The summed E-state index contributed by atoms with van der Waals surface area (Å²) >= 11 is 5.80. The molecule has 1 heterocycles. The van der Waals surface area contributed by atoms with Gasteiger partial charge in [0, 0.05) is 0 Å². The Morgan fingerprint density at radius 2 is 2.17 bits per heavy atom. The predicted molar refractivity (Wildman–Crippen MR) is 72.2 cm³/mol. The second-order valence-corrected chi connectivity index (χ2v) is 4.41. The summed E-state index contributed by atoms with van der Waals surface area (Å²) in [6.07, 6.45) is 0.817.